The van der Waals surface area contributed by atoms with Gasteiger partial charge in [0.15, 0.2) is 0 Å². The number of benzene rings is 1. The van der Waals surface area contributed by atoms with Crippen molar-refractivity contribution in [2.24, 2.45) is 5.92 Å². The first-order chi connectivity index (χ1) is 9.76. The third-order valence-corrected chi connectivity index (χ3v) is 4.01. The van der Waals surface area contributed by atoms with Crippen LogP contribution in [0.4, 0.5) is 0 Å². The maximum absolute atomic E-state index is 12.0. The maximum Gasteiger partial charge on any atom is 0.271 e. The molecule has 2 heterocycles. The zero-order valence-electron chi connectivity index (χ0n) is 11.4. The van der Waals surface area contributed by atoms with Gasteiger partial charge in [0.05, 0.1) is 11.0 Å². The van der Waals surface area contributed by atoms with Crippen molar-refractivity contribution in [1.29, 1.82) is 0 Å². The summed E-state index contributed by atoms with van der Waals surface area (Å²) in [7, 11) is 0. The average Bonchev–Trinajstić information content (AvgIpc) is 2.49. The minimum atomic E-state index is -0.104. The summed E-state index contributed by atoms with van der Waals surface area (Å²) < 4.78 is 0. The van der Waals surface area contributed by atoms with E-state index in [2.05, 4.69) is 14.9 Å². The Morgan fingerprint density at radius 1 is 1.30 bits per heavy atom. The number of aromatic nitrogens is 2. The third kappa shape index (κ3) is 2.73. The van der Waals surface area contributed by atoms with E-state index in [0.717, 1.165) is 37.0 Å². The van der Waals surface area contributed by atoms with Crippen LogP contribution in [0.2, 0.25) is 0 Å². The summed E-state index contributed by atoms with van der Waals surface area (Å²) in [5.74, 6) is 0.411. The molecule has 1 aliphatic rings. The standard InChI is InChI=1S/C15H19N3O2/c19-10-11-5-7-18(8-6-11)9-14-15(20)17-13-4-2-1-3-12(13)16-14/h1-4,11,19H,5-10H2,(H,17,20). The van der Waals surface area contributed by atoms with Crippen LogP contribution in [0.15, 0.2) is 29.1 Å². The summed E-state index contributed by atoms with van der Waals surface area (Å²) in [6, 6.07) is 7.58. The minimum Gasteiger partial charge on any atom is -0.396 e. The Balaban J connectivity index is 1.77. The van der Waals surface area contributed by atoms with E-state index in [4.69, 9.17) is 5.11 Å². The molecule has 106 valence electrons. The molecule has 0 spiro atoms. The molecule has 20 heavy (non-hydrogen) atoms. The van der Waals surface area contributed by atoms with Gasteiger partial charge in [-0.3, -0.25) is 9.69 Å². The molecule has 5 nitrogen and oxygen atoms in total. The lowest BCUT2D eigenvalue weighted by molar-refractivity contribution is 0.126. The first-order valence-electron chi connectivity index (χ1n) is 7.07. The second-order valence-electron chi connectivity index (χ2n) is 5.43. The van der Waals surface area contributed by atoms with Gasteiger partial charge in [-0.15, -0.1) is 0 Å². The number of para-hydroxylation sites is 2. The highest BCUT2D eigenvalue weighted by molar-refractivity contribution is 5.73. The monoisotopic (exact) mass is 273 g/mol. The Kier molecular flexibility index (Phi) is 3.80. The van der Waals surface area contributed by atoms with Crippen LogP contribution >= 0.6 is 0 Å². The van der Waals surface area contributed by atoms with Gasteiger partial charge >= 0.3 is 0 Å². The third-order valence-electron chi connectivity index (χ3n) is 4.01. The Labute approximate surface area is 117 Å². The zero-order chi connectivity index (χ0) is 13.9. The van der Waals surface area contributed by atoms with Crippen molar-refractivity contribution >= 4 is 11.0 Å². The van der Waals surface area contributed by atoms with Crippen LogP contribution < -0.4 is 5.56 Å². The Morgan fingerprint density at radius 2 is 2.05 bits per heavy atom. The molecule has 0 atom stereocenters. The molecule has 0 saturated carbocycles. The molecule has 1 fully saturated rings. The molecule has 0 aliphatic carbocycles. The minimum absolute atomic E-state index is 0.104. The van der Waals surface area contributed by atoms with Crippen molar-refractivity contribution < 1.29 is 5.11 Å². The van der Waals surface area contributed by atoms with Crippen LogP contribution in [0.1, 0.15) is 18.5 Å². The number of piperidine rings is 1. The lowest BCUT2D eigenvalue weighted by Gasteiger charge is -2.30. The van der Waals surface area contributed by atoms with E-state index in [-0.39, 0.29) is 12.2 Å². The normalized spacial score (nSPS) is 17.6. The first-order valence-corrected chi connectivity index (χ1v) is 7.07. The van der Waals surface area contributed by atoms with Gasteiger partial charge < -0.3 is 10.1 Å². The number of H-pyrrole nitrogens is 1. The van der Waals surface area contributed by atoms with Gasteiger partial charge in [0.1, 0.15) is 5.69 Å². The van der Waals surface area contributed by atoms with Crippen molar-refractivity contribution in [1.82, 2.24) is 14.9 Å². The van der Waals surface area contributed by atoms with Gasteiger partial charge in [-0.1, -0.05) is 12.1 Å². The van der Waals surface area contributed by atoms with Crippen molar-refractivity contribution in [3.05, 3.63) is 40.3 Å². The predicted molar refractivity (Wildman–Crippen MR) is 77.5 cm³/mol. The maximum atomic E-state index is 12.0. The molecule has 0 bridgehead atoms. The summed E-state index contributed by atoms with van der Waals surface area (Å²) in [5, 5.41) is 9.14. The van der Waals surface area contributed by atoms with E-state index >= 15 is 0 Å². The van der Waals surface area contributed by atoms with E-state index in [0.29, 0.717) is 18.2 Å². The first kappa shape index (κ1) is 13.3. The van der Waals surface area contributed by atoms with Crippen LogP contribution in [0.3, 0.4) is 0 Å². The molecule has 0 amide bonds. The van der Waals surface area contributed by atoms with Crippen LogP contribution in [0, 0.1) is 5.92 Å². The number of hydrogen-bond donors (Lipinski definition) is 2. The summed E-state index contributed by atoms with van der Waals surface area (Å²) in [6.45, 7) is 2.68. The van der Waals surface area contributed by atoms with Gasteiger partial charge in [0, 0.05) is 13.2 Å². The highest BCUT2D eigenvalue weighted by Crippen LogP contribution is 2.17. The molecule has 1 aliphatic heterocycles. The SMILES string of the molecule is O=c1[nH]c2ccccc2nc1CN1CCC(CO)CC1. The topological polar surface area (TPSA) is 69.2 Å². The number of aromatic amines is 1. The molecule has 2 N–H and O–H groups in total. The molecule has 1 aromatic heterocycles. The Morgan fingerprint density at radius 3 is 2.80 bits per heavy atom. The number of hydrogen-bond acceptors (Lipinski definition) is 4. The Hall–Kier alpha value is -1.72. The lowest BCUT2D eigenvalue weighted by atomic mass is 9.98. The van der Waals surface area contributed by atoms with Crippen molar-refractivity contribution in [2.45, 2.75) is 19.4 Å². The number of nitrogens with zero attached hydrogens (tertiary/aromatic N) is 2. The van der Waals surface area contributed by atoms with Gasteiger partial charge in [-0.2, -0.15) is 0 Å². The van der Waals surface area contributed by atoms with E-state index in [1.165, 1.54) is 0 Å². The van der Waals surface area contributed by atoms with Crippen molar-refractivity contribution in [3.8, 4) is 0 Å². The summed E-state index contributed by atoms with van der Waals surface area (Å²) >= 11 is 0. The molecule has 0 unspecified atom stereocenters. The molecular weight excluding hydrogens is 254 g/mol. The fourth-order valence-corrected chi connectivity index (χ4v) is 2.71. The van der Waals surface area contributed by atoms with Crippen molar-refractivity contribution in [3.63, 3.8) is 0 Å². The predicted octanol–water partition coefficient (Wildman–Crippen LogP) is 1.13. The van der Waals surface area contributed by atoms with E-state index in [1.54, 1.807) is 0 Å². The highest BCUT2D eigenvalue weighted by atomic mass is 16.3. The summed E-state index contributed by atoms with van der Waals surface area (Å²) in [6.07, 6.45) is 1.98. The molecule has 3 rings (SSSR count). The molecule has 2 aromatic rings. The van der Waals surface area contributed by atoms with E-state index in [9.17, 15) is 4.79 Å². The molecule has 5 heteroatoms. The van der Waals surface area contributed by atoms with Gasteiger partial charge in [-0.25, -0.2) is 4.98 Å². The summed E-state index contributed by atoms with van der Waals surface area (Å²) in [4.78, 5) is 21.6. The highest BCUT2D eigenvalue weighted by Gasteiger charge is 2.19. The number of fused-ring (bicyclic) bond motifs is 1. The van der Waals surface area contributed by atoms with Crippen LogP contribution in [-0.4, -0.2) is 39.7 Å². The number of rotatable bonds is 3. The van der Waals surface area contributed by atoms with Crippen molar-refractivity contribution in [2.75, 3.05) is 19.7 Å². The molecular formula is C15H19N3O2. The van der Waals surface area contributed by atoms with Crippen LogP contribution in [0.5, 0.6) is 0 Å². The smallest absolute Gasteiger partial charge is 0.271 e. The number of aliphatic hydroxyl groups is 1. The second kappa shape index (κ2) is 5.73. The lowest BCUT2D eigenvalue weighted by Crippen LogP contribution is -2.36. The summed E-state index contributed by atoms with van der Waals surface area (Å²) in [5.41, 5.74) is 2.08. The number of likely N-dealkylation sites (tertiary alicyclic amines) is 1. The molecule has 0 radical (unpaired) electrons. The number of nitrogens with one attached hydrogen (secondary N) is 1. The van der Waals surface area contributed by atoms with Gasteiger partial charge in [0.25, 0.3) is 5.56 Å². The number of aliphatic hydroxyl groups excluding tert-OH is 1. The molecule has 1 aromatic carbocycles. The van der Waals surface area contributed by atoms with E-state index in [1.807, 2.05) is 24.3 Å². The average molecular weight is 273 g/mol. The molecule has 1 saturated heterocycles. The van der Waals surface area contributed by atoms with Crippen LogP contribution in [0.25, 0.3) is 11.0 Å². The zero-order valence-corrected chi connectivity index (χ0v) is 11.4. The Bertz CT molecular complexity index is 645. The van der Waals surface area contributed by atoms with Gasteiger partial charge in [-0.05, 0) is 44.0 Å². The fourth-order valence-electron chi connectivity index (χ4n) is 2.71. The van der Waals surface area contributed by atoms with Crippen LogP contribution in [-0.2, 0) is 6.54 Å². The van der Waals surface area contributed by atoms with E-state index < -0.39 is 0 Å². The second-order valence-corrected chi connectivity index (χ2v) is 5.43. The largest absolute Gasteiger partial charge is 0.396 e. The fraction of sp³-hybridized carbons (Fsp3) is 0.467. The van der Waals surface area contributed by atoms with Gasteiger partial charge in [0.2, 0.25) is 0 Å². The quantitative estimate of drug-likeness (QED) is 0.879.